The number of fused-ring (bicyclic) bond motifs is 1. The van der Waals surface area contributed by atoms with E-state index in [1.54, 1.807) is 0 Å². The van der Waals surface area contributed by atoms with Gasteiger partial charge in [-0.2, -0.15) is 5.10 Å². The van der Waals surface area contributed by atoms with E-state index in [-0.39, 0.29) is 0 Å². The minimum absolute atomic E-state index is 0.822. The lowest BCUT2D eigenvalue weighted by Crippen LogP contribution is -1.96. The number of aromatic nitrogens is 3. The Morgan fingerprint density at radius 1 is 1.18 bits per heavy atom. The molecule has 0 spiro atoms. The van der Waals surface area contributed by atoms with E-state index in [0.717, 1.165) is 24.9 Å². The van der Waals surface area contributed by atoms with Crippen LogP contribution in [0.3, 0.4) is 0 Å². The van der Waals surface area contributed by atoms with Crippen molar-refractivity contribution in [3.05, 3.63) is 50.8 Å². The lowest BCUT2D eigenvalue weighted by Gasteiger charge is -2.01. The number of rotatable bonds is 1. The highest BCUT2D eigenvalue weighted by Crippen LogP contribution is 2.25. The molecule has 0 saturated carbocycles. The lowest BCUT2D eigenvalue weighted by molar-refractivity contribution is 0.886. The maximum atomic E-state index is 4.47. The van der Waals surface area contributed by atoms with E-state index >= 15 is 0 Å². The van der Waals surface area contributed by atoms with Gasteiger partial charge in [0.1, 0.15) is 4.60 Å². The molecule has 0 fully saturated rings. The zero-order chi connectivity index (χ0) is 11.8. The summed E-state index contributed by atoms with van der Waals surface area (Å²) in [7, 11) is 0. The van der Waals surface area contributed by atoms with Gasteiger partial charge >= 0.3 is 0 Å². The van der Waals surface area contributed by atoms with E-state index < -0.39 is 0 Å². The highest BCUT2D eigenvalue weighted by Gasteiger charge is 2.11. The molecule has 0 radical (unpaired) electrons. The summed E-state index contributed by atoms with van der Waals surface area (Å²) in [5.41, 5.74) is 1.88. The maximum absolute atomic E-state index is 4.47. The molecule has 3 rings (SSSR count). The van der Waals surface area contributed by atoms with Crippen molar-refractivity contribution in [2.45, 2.75) is 0 Å². The largest absolute Gasteiger partial charge is 0.235 e. The van der Waals surface area contributed by atoms with Gasteiger partial charge in [0.2, 0.25) is 0 Å². The molecule has 0 saturated heterocycles. The molecule has 0 aliphatic carbocycles. The van der Waals surface area contributed by atoms with E-state index in [4.69, 9.17) is 0 Å². The van der Waals surface area contributed by atoms with Crippen molar-refractivity contribution in [3.63, 3.8) is 0 Å². The summed E-state index contributed by atoms with van der Waals surface area (Å²) in [5.74, 6) is 0. The Morgan fingerprint density at radius 3 is 2.71 bits per heavy atom. The second kappa shape index (κ2) is 4.38. The number of halogens is 2. The number of benzene rings is 1. The predicted molar refractivity (Wildman–Crippen MR) is 79.3 cm³/mol. The molecular formula is C12H7BrIN3. The summed E-state index contributed by atoms with van der Waals surface area (Å²) in [6, 6.07) is 12.1. The Morgan fingerprint density at radius 2 is 1.94 bits per heavy atom. The second-order valence-electron chi connectivity index (χ2n) is 3.56. The standard InChI is InChI=1S/C12H7BrIN3/c13-11-10-6-8(14)7-15-12(10)17(16-11)9-4-2-1-3-5-9/h1-7H. The van der Waals surface area contributed by atoms with Gasteiger partial charge in [-0.25, -0.2) is 9.67 Å². The zero-order valence-electron chi connectivity index (χ0n) is 8.64. The van der Waals surface area contributed by atoms with E-state index in [1.165, 1.54) is 0 Å². The fraction of sp³-hybridized carbons (Fsp3) is 0. The summed E-state index contributed by atoms with van der Waals surface area (Å²) in [5, 5.41) is 5.50. The van der Waals surface area contributed by atoms with E-state index in [9.17, 15) is 0 Å². The third kappa shape index (κ3) is 1.97. The Balaban J connectivity index is 2.32. The number of hydrogen-bond acceptors (Lipinski definition) is 2. The van der Waals surface area contributed by atoms with Crippen molar-refractivity contribution in [3.8, 4) is 5.69 Å². The van der Waals surface area contributed by atoms with Gasteiger partial charge in [-0.3, -0.25) is 0 Å². The number of hydrogen-bond donors (Lipinski definition) is 0. The molecule has 2 heterocycles. The normalized spacial score (nSPS) is 10.9. The van der Waals surface area contributed by atoms with Crippen LogP contribution in [-0.2, 0) is 0 Å². The van der Waals surface area contributed by atoms with Gasteiger partial charge in [-0.1, -0.05) is 18.2 Å². The molecule has 0 aliphatic rings. The average Bonchev–Trinajstić information content (AvgIpc) is 2.68. The van der Waals surface area contributed by atoms with Crippen LogP contribution in [0.2, 0.25) is 0 Å². The minimum Gasteiger partial charge on any atom is -0.235 e. The van der Waals surface area contributed by atoms with Crippen molar-refractivity contribution in [2.75, 3.05) is 0 Å². The first kappa shape index (κ1) is 11.2. The molecule has 0 amide bonds. The monoisotopic (exact) mass is 399 g/mol. The van der Waals surface area contributed by atoms with Crippen LogP contribution in [-0.4, -0.2) is 14.8 Å². The van der Waals surface area contributed by atoms with Crippen LogP contribution in [0.5, 0.6) is 0 Å². The van der Waals surface area contributed by atoms with E-state index in [0.29, 0.717) is 0 Å². The quantitative estimate of drug-likeness (QED) is 0.583. The Hall–Kier alpha value is -0.950. The maximum Gasteiger partial charge on any atom is 0.164 e. The fourth-order valence-electron chi connectivity index (χ4n) is 1.69. The summed E-state index contributed by atoms with van der Waals surface area (Å²) in [6.45, 7) is 0. The summed E-state index contributed by atoms with van der Waals surface area (Å²) in [4.78, 5) is 4.44. The first-order valence-electron chi connectivity index (χ1n) is 5.01. The molecule has 0 N–H and O–H groups in total. The molecule has 0 bridgehead atoms. The minimum atomic E-state index is 0.822. The van der Waals surface area contributed by atoms with Crippen LogP contribution in [0, 0.1) is 3.57 Å². The number of nitrogens with zero attached hydrogens (tertiary/aromatic N) is 3. The molecule has 3 nitrogen and oxygen atoms in total. The fourth-order valence-corrected chi connectivity index (χ4v) is 2.59. The van der Waals surface area contributed by atoms with Gasteiger partial charge in [0.05, 0.1) is 11.1 Å². The van der Waals surface area contributed by atoms with Gasteiger partial charge in [0.15, 0.2) is 5.65 Å². The molecule has 17 heavy (non-hydrogen) atoms. The molecule has 1 aromatic carbocycles. The summed E-state index contributed by atoms with van der Waals surface area (Å²) < 4.78 is 3.76. The Labute approximate surface area is 120 Å². The van der Waals surface area contributed by atoms with Crippen LogP contribution in [0.1, 0.15) is 0 Å². The topological polar surface area (TPSA) is 30.7 Å². The third-order valence-electron chi connectivity index (χ3n) is 2.44. The molecule has 2 aromatic heterocycles. The SMILES string of the molecule is Brc1nn(-c2ccccc2)c2ncc(I)cc12. The van der Waals surface area contributed by atoms with Crippen molar-refractivity contribution in [1.82, 2.24) is 14.8 Å². The molecule has 3 aromatic rings. The molecule has 5 heteroatoms. The van der Waals surface area contributed by atoms with Crippen LogP contribution < -0.4 is 0 Å². The Bertz CT molecular complexity index is 679. The zero-order valence-corrected chi connectivity index (χ0v) is 12.4. The van der Waals surface area contributed by atoms with Crippen molar-refractivity contribution in [1.29, 1.82) is 0 Å². The number of para-hydroxylation sites is 1. The highest BCUT2D eigenvalue weighted by molar-refractivity contribution is 14.1. The van der Waals surface area contributed by atoms with Crippen molar-refractivity contribution < 1.29 is 0 Å². The first-order valence-corrected chi connectivity index (χ1v) is 6.88. The van der Waals surface area contributed by atoms with Crippen LogP contribution >= 0.6 is 38.5 Å². The Kier molecular flexibility index (Phi) is 2.87. The van der Waals surface area contributed by atoms with E-state index in [2.05, 4.69) is 54.7 Å². The first-order chi connectivity index (χ1) is 8.25. The molecule has 0 aliphatic heterocycles. The molecule has 0 atom stereocenters. The van der Waals surface area contributed by atoms with Crippen molar-refractivity contribution in [2.24, 2.45) is 0 Å². The summed E-state index contributed by atoms with van der Waals surface area (Å²) >= 11 is 5.72. The van der Waals surface area contributed by atoms with E-state index in [1.807, 2.05) is 41.2 Å². The highest BCUT2D eigenvalue weighted by atomic mass is 127. The van der Waals surface area contributed by atoms with Gasteiger partial charge < -0.3 is 0 Å². The molecule has 0 unspecified atom stereocenters. The number of pyridine rings is 1. The summed E-state index contributed by atoms with van der Waals surface area (Å²) in [6.07, 6.45) is 1.84. The average molecular weight is 400 g/mol. The van der Waals surface area contributed by atoms with Crippen LogP contribution in [0.25, 0.3) is 16.7 Å². The van der Waals surface area contributed by atoms with Crippen molar-refractivity contribution >= 4 is 49.6 Å². The van der Waals surface area contributed by atoms with Crippen LogP contribution in [0.15, 0.2) is 47.2 Å². The van der Waals surface area contributed by atoms with Gasteiger partial charge in [0.25, 0.3) is 0 Å². The lowest BCUT2D eigenvalue weighted by atomic mass is 10.3. The van der Waals surface area contributed by atoms with Gasteiger partial charge in [-0.15, -0.1) is 0 Å². The second-order valence-corrected chi connectivity index (χ2v) is 5.56. The third-order valence-corrected chi connectivity index (χ3v) is 3.62. The smallest absolute Gasteiger partial charge is 0.164 e. The van der Waals surface area contributed by atoms with Gasteiger partial charge in [-0.05, 0) is 56.7 Å². The molecular weight excluding hydrogens is 393 g/mol. The predicted octanol–water partition coefficient (Wildman–Crippen LogP) is 3.79. The molecule has 84 valence electrons. The van der Waals surface area contributed by atoms with Gasteiger partial charge in [0, 0.05) is 9.77 Å². The van der Waals surface area contributed by atoms with Crippen LogP contribution in [0.4, 0.5) is 0 Å².